The Morgan fingerprint density at radius 3 is 2.50 bits per heavy atom. The predicted octanol–water partition coefficient (Wildman–Crippen LogP) is 4.01. The molecule has 0 radical (unpaired) electrons. The van der Waals surface area contributed by atoms with E-state index >= 15 is 0 Å². The molecule has 0 atom stereocenters. The van der Waals surface area contributed by atoms with Crippen molar-refractivity contribution in [3.05, 3.63) is 52.1 Å². The van der Waals surface area contributed by atoms with Gasteiger partial charge in [0.15, 0.2) is 5.88 Å². The number of imide groups is 1. The summed E-state index contributed by atoms with van der Waals surface area (Å²) in [6, 6.07) is 10.2. The Kier molecular flexibility index (Phi) is 4.76. The van der Waals surface area contributed by atoms with Gasteiger partial charge in [-0.15, -0.1) is 0 Å². The monoisotopic (exact) mass is 390 g/mol. The summed E-state index contributed by atoms with van der Waals surface area (Å²) in [6.45, 7) is 2.85. The number of furan rings is 1. The third kappa shape index (κ3) is 3.38. The fraction of sp³-hybridized carbons (Fsp3) is 0.222. The van der Waals surface area contributed by atoms with Crippen LogP contribution in [0.3, 0.4) is 0 Å². The molecule has 0 aliphatic carbocycles. The first-order valence-corrected chi connectivity index (χ1v) is 9.27. The van der Waals surface area contributed by atoms with Crippen LogP contribution in [0.5, 0.6) is 0 Å². The Morgan fingerprint density at radius 1 is 1.04 bits per heavy atom. The number of amides is 2. The molecule has 1 aromatic carbocycles. The van der Waals surface area contributed by atoms with Crippen LogP contribution in [0.25, 0.3) is 6.08 Å². The third-order valence-corrected chi connectivity index (χ3v) is 5.21. The Morgan fingerprint density at radius 2 is 1.77 bits per heavy atom. The Hall–Kier alpha value is -2.22. The fourth-order valence-electron chi connectivity index (χ4n) is 2.78. The molecule has 4 rings (SSSR count). The number of anilines is 2. The van der Waals surface area contributed by atoms with Crippen LogP contribution in [0.15, 0.2) is 45.7 Å². The maximum absolute atomic E-state index is 12.6. The molecule has 0 spiro atoms. The number of carbonyl (C=O) groups excluding carboxylic acids is 2. The zero-order valence-electron chi connectivity index (χ0n) is 13.7. The summed E-state index contributed by atoms with van der Waals surface area (Å²) in [7, 11) is 0. The van der Waals surface area contributed by atoms with Gasteiger partial charge < -0.3 is 14.1 Å². The standard InChI is InChI=1S/C18H15ClN2O4S/c19-12-1-3-13(4-2-12)21-17(22)15(26-18(21)23)11-14-5-6-16(25-14)20-7-9-24-10-8-20/h1-6,11H,7-10H2/b15-11+. The van der Waals surface area contributed by atoms with Crippen molar-refractivity contribution in [2.75, 3.05) is 36.1 Å². The number of benzene rings is 1. The molecule has 0 N–H and O–H groups in total. The Labute approximate surface area is 159 Å². The first-order chi connectivity index (χ1) is 12.6. The van der Waals surface area contributed by atoms with Crippen molar-refractivity contribution in [2.45, 2.75) is 0 Å². The zero-order chi connectivity index (χ0) is 18.1. The maximum atomic E-state index is 12.6. The van der Waals surface area contributed by atoms with E-state index in [-0.39, 0.29) is 11.1 Å². The molecule has 2 aliphatic rings. The summed E-state index contributed by atoms with van der Waals surface area (Å²) in [5.41, 5.74) is 0.494. The molecule has 3 heterocycles. The Bertz CT molecular complexity index is 872. The molecule has 134 valence electrons. The van der Waals surface area contributed by atoms with E-state index in [1.54, 1.807) is 36.4 Å². The minimum Gasteiger partial charge on any atom is -0.441 e. The summed E-state index contributed by atoms with van der Waals surface area (Å²) in [5.74, 6) is 0.899. The van der Waals surface area contributed by atoms with E-state index in [0.717, 1.165) is 35.6 Å². The summed E-state index contributed by atoms with van der Waals surface area (Å²) in [4.78, 5) is 28.4. The summed E-state index contributed by atoms with van der Waals surface area (Å²) < 4.78 is 11.1. The van der Waals surface area contributed by atoms with Crippen LogP contribution in [0.2, 0.25) is 5.02 Å². The van der Waals surface area contributed by atoms with Crippen molar-refractivity contribution in [3.63, 3.8) is 0 Å². The lowest BCUT2D eigenvalue weighted by molar-refractivity contribution is -0.113. The molecule has 8 heteroatoms. The van der Waals surface area contributed by atoms with Gasteiger partial charge in [-0.25, -0.2) is 4.90 Å². The molecule has 2 aromatic rings. The fourth-order valence-corrected chi connectivity index (χ4v) is 3.73. The molecule has 6 nitrogen and oxygen atoms in total. The summed E-state index contributed by atoms with van der Waals surface area (Å²) >= 11 is 6.76. The first kappa shape index (κ1) is 17.2. The second-order valence-electron chi connectivity index (χ2n) is 5.77. The number of hydrogen-bond donors (Lipinski definition) is 0. The predicted molar refractivity (Wildman–Crippen MR) is 102 cm³/mol. The smallest absolute Gasteiger partial charge is 0.298 e. The lowest BCUT2D eigenvalue weighted by Crippen LogP contribution is -2.35. The van der Waals surface area contributed by atoms with Crippen molar-refractivity contribution in [1.29, 1.82) is 0 Å². The van der Waals surface area contributed by atoms with E-state index in [1.165, 1.54) is 0 Å². The van der Waals surface area contributed by atoms with E-state index < -0.39 is 0 Å². The summed E-state index contributed by atoms with van der Waals surface area (Å²) in [6.07, 6.45) is 1.60. The van der Waals surface area contributed by atoms with E-state index in [2.05, 4.69) is 4.90 Å². The van der Waals surface area contributed by atoms with Gasteiger partial charge in [-0.3, -0.25) is 9.59 Å². The molecular weight excluding hydrogens is 376 g/mol. The minimum absolute atomic E-state index is 0.327. The normalized spacial score (nSPS) is 19.7. The van der Waals surface area contributed by atoms with E-state index in [1.807, 2.05) is 6.07 Å². The van der Waals surface area contributed by atoms with Gasteiger partial charge in [-0.05, 0) is 42.1 Å². The van der Waals surface area contributed by atoms with Crippen molar-refractivity contribution in [3.8, 4) is 0 Å². The van der Waals surface area contributed by atoms with Crippen LogP contribution in [-0.2, 0) is 9.53 Å². The lowest BCUT2D eigenvalue weighted by atomic mass is 10.3. The molecule has 2 amide bonds. The molecule has 2 fully saturated rings. The average Bonchev–Trinajstić information content (AvgIpc) is 3.22. The van der Waals surface area contributed by atoms with Gasteiger partial charge in [-0.1, -0.05) is 11.6 Å². The van der Waals surface area contributed by atoms with Crippen molar-refractivity contribution in [2.24, 2.45) is 0 Å². The second kappa shape index (κ2) is 7.19. The second-order valence-corrected chi connectivity index (χ2v) is 7.20. The highest BCUT2D eigenvalue weighted by Crippen LogP contribution is 2.36. The number of halogens is 1. The number of nitrogens with zero attached hydrogens (tertiary/aromatic N) is 2. The van der Waals surface area contributed by atoms with Crippen molar-refractivity contribution < 1.29 is 18.7 Å². The van der Waals surface area contributed by atoms with Crippen LogP contribution >= 0.6 is 23.4 Å². The number of ether oxygens (including phenoxy) is 1. The quantitative estimate of drug-likeness (QED) is 0.738. The largest absolute Gasteiger partial charge is 0.441 e. The van der Waals surface area contributed by atoms with Crippen LogP contribution in [0.4, 0.5) is 16.4 Å². The molecule has 0 saturated carbocycles. The van der Waals surface area contributed by atoms with Gasteiger partial charge in [0.05, 0.1) is 23.8 Å². The van der Waals surface area contributed by atoms with Crippen molar-refractivity contribution >= 4 is 52.2 Å². The molecule has 2 aliphatic heterocycles. The van der Waals surface area contributed by atoms with Crippen LogP contribution in [0, 0.1) is 0 Å². The topological polar surface area (TPSA) is 63.0 Å². The SMILES string of the molecule is O=C1S/C(=C/c2ccc(N3CCOCC3)o2)C(=O)N1c1ccc(Cl)cc1. The van der Waals surface area contributed by atoms with Gasteiger partial charge in [0, 0.05) is 30.3 Å². The maximum Gasteiger partial charge on any atom is 0.298 e. The van der Waals surface area contributed by atoms with Gasteiger partial charge in [-0.2, -0.15) is 0 Å². The van der Waals surface area contributed by atoms with Gasteiger partial charge in [0.1, 0.15) is 5.76 Å². The average molecular weight is 391 g/mol. The van der Waals surface area contributed by atoms with Crippen LogP contribution in [-0.4, -0.2) is 37.4 Å². The summed E-state index contributed by atoms with van der Waals surface area (Å²) in [5, 5.41) is 0.200. The Balaban J connectivity index is 1.54. The van der Waals surface area contributed by atoms with Crippen LogP contribution < -0.4 is 9.80 Å². The molecule has 26 heavy (non-hydrogen) atoms. The lowest BCUT2D eigenvalue weighted by Gasteiger charge is -2.26. The molecule has 1 aromatic heterocycles. The number of morpholine rings is 1. The highest BCUT2D eigenvalue weighted by molar-refractivity contribution is 8.19. The highest BCUT2D eigenvalue weighted by Gasteiger charge is 2.36. The van der Waals surface area contributed by atoms with Crippen LogP contribution in [0.1, 0.15) is 5.76 Å². The number of carbonyl (C=O) groups is 2. The van der Waals surface area contributed by atoms with E-state index in [9.17, 15) is 9.59 Å². The number of rotatable bonds is 3. The zero-order valence-corrected chi connectivity index (χ0v) is 15.3. The number of thioether (sulfide) groups is 1. The number of hydrogen-bond acceptors (Lipinski definition) is 6. The van der Waals surface area contributed by atoms with Gasteiger partial charge >= 0.3 is 0 Å². The third-order valence-electron chi connectivity index (χ3n) is 4.09. The van der Waals surface area contributed by atoms with Gasteiger partial charge in [0.25, 0.3) is 11.1 Å². The van der Waals surface area contributed by atoms with Crippen molar-refractivity contribution in [1.82, 2.24) is 0 Å². The molecule has 2 saturated heterocycles. The van der Waals surface area contributed by atoms with Gasteiger partial charge in [0.2, 0.25) is 0 Å². The molecule has 0 bridgehead atoms. The van der Waals surface area contributed by atoms with E-state index in [0.29, 0.717) is 34.6 Å². The molecular formula is C18H15ClN2O4S. The first-order valence-electron chi connectivity index (χ1n) is 8.08. The molecule has 0 unspecified atom stereocenters. The van der Waals surface area contributed by atoms with E-state index in [4.69, 9.17) is 20.8 Å². The minimum atomic E-state index is -0.369. The highest BCUT2D eigenvalue weighted by atomic mass is 35.5.